The Morgan fingerprint density at radius 2 is 2.50 bits per heavy atom. The maximum atomic E-state index is 11.7. The number of thiophene rings is 1. The van der Waals surface area contributed by atoms with E-state index in [0.717, 1.165) is 23.6 Å². The van der Waals surface area contributed by atoms with Crippen LogP contribution in [0.15, 0.2) is 6.07 Å². The van der Waals surface area contributed by atoms with Crippen LogP contribution in [0.5, 0.6) is 0 Å². The highest BCUT2D eigenvalue weighted by atomic mass is 32.1. The Bertz CT molecular complexity index is 386. The fourth-order valence-corrected chi connectivity index (χ4v) is 3.22. The fourth-order valence-electron chi connectivity index (χ4n) is 2.09. The number of nitrogens with one attached hydrogen (secondary N) is 1. The molecule has 1 aliphatic carbocycles. The number of carbonyl (C=O) groups excluding carboxylic acids is 1. The normalized spacial score (nSPS) is 19.2. The largest absolute Gasteiger partial charge is 0.350 e. The van der Waals surface area contributed by atoms with Crippen LogP contribution < -0.4 is 11.1 Å². The maximum Gasteiger partial charge on any atom is 0.261 e. The molecule has 0 aromatic carbocycles. The van der Waals surface area contributed by atoms with Crippen LogP contribution in [0.3, 0.4) is 0 Å². The van der Waals surface area contributed by atoms with Gasteiger partial charge < -0.3 is 11.1 Å². The molecule has 4 heteroatoms. The smallest absolute Gasteiger partial charge is 0.261 e. The molecule has 1 heterocycles. The lowest BCUT2D eigenvalue weighted by atomic mass is 9.90. The average molecular weight is 238 g/mol. The Hall–Kier alpha value is -0.870. The van der Waals surface area contributed by atoms with Gasteiger partial charge in [-0.3, -0.25) is 4.79 Å². The zero-order chi connectivity index (χ0) is 11.5. The number of rotatable bonds is 3. The van der Waals surface area contributed by atoms with E-state index in [2.05, 4.69) is 18.3 Å². The topological polar surface area (TPSA) is 55.1 Å². The summed E-state index contributed by atoms with van der Waals surface area (Å²) >= 11 is 1.64. The van der Waals surface area contributed by atoms with Gasteiger partial charge in [-0.2, -0.15) is 0 Å². The van der Waals surface area contributed by atoms with Crippen LogP contribution in [0.2, 0.25) is 0 Å². The predicted octanol–water partition coefficient (Wildman–Crippen LogP) is 1.56. The number of fused-ring (bicyclic) bond motifs is 1. The van der Waals surface area contributed by atoms with E-state index < -0.39 is 0 Å². The Labute approximate surface area is 100 Å². The van der Waals surface area contributed by atoms with Crippen molar-refractivity contribution in [2.24, 2.45) is 11.7 Å². The molecule has 1 aromatic heterocycles. The quantitative estimate of drug-likeness (QED) is 0.839. The number of aryl methyl sites for hydroxylation is 1. The highest BCUT2D eigenvalue weighted by Gasteiger charge is 2.20. The van der Waals surface area contributed by atoms with E-state index in [1.165, 1.54) is 16.9 Å². The molecule has 0 saturated heterocycles. The van der Waals surface area contributed by atoms with E-state index in [0.29, 0.717) is 13.1 Å². The SMILES string of the molecule is CC1CCc2sc(C(=O)NCCN)cc2C1. The first-order chi connectivity index (χ1) is 7.70. The molecule has 0 spiro atoms. The molecule has 0 fully saturated rings. The van der Waals surface area contributed by atoms with E-state index in [9.17, 15) is 4.79 Å². The summed E-state index contributed by atoms with van der Waals surface area (Å²) in [6.45, 7) is 3.32. The van der Waals surface area contributed by atoms with Gasteiger partial charge in [0.15, 0.2) is 0 Å². The molecule has 3 N–H and O–H groups in total. The monoisotopic (exact) mass is 238 g/mol. The number of amides is 1. The first-order valence-corrected chi connectivity index (χ1v) is 6.62. The summed E-state index contributed by atoms with van der Waals surface area (Å²) in [6.07, 6.45) is 3.50. The molecule has 1 amide bonds. The molecule has 16 heavy (non-hydrogen) atoms. The number of hydrogen-bond acceptors (Lipinski definition) is 3. The molecule has 2 rings (SSSR count). The molecule has 0 saturated carbocycles. The molecule has 0 radical (unpaired) electrons. The van der Waals surface area contributed by atoms with E-state index in [4.69, 9.17) is 5.73 Å². The Balaban J connectivity index is 2.09. The van der Waals surface area contributed by atoms with Gasteiger partial charge >= 0.3 is 0 Å². The highest BCUT2D eigenvalue weighted by Crippen LogP contribution is 2.32. The Kier molecular flexibility index (Phi) is 3.61. The van der Waals surface area contributed by atoms with Crippen molar-refractivity contribution in [1.29, 1.82) is 0 Å². The molecular weight excluding hydrogens is 220 g/mol. The van der Waals surface area contributed by atoms with Crippen LogP contribution in [0.4, 0.5) is 0 Å². The summed E-state index contributed by atoms with van der Waals surface area (Å²) < 4.78 is 0. The van der Waals surface area contributed by atoms with Crippen molar-refractivity contribution in [3.63, 3.8) is 0 Å². The van der Waals surface area contributed by atoms with Crippen LogP contribution in [0.25, 0.3) is 0 Å². The summed E-state index contributed by atoms with van der Waals surface area (Å²) in [4.78, 5) is 14.0. The van der Waals surface area contributed by atoms with E-state index in [-0.39, 0.29) is 5.91 Å². The second-order valence-electron chi connectivity index (χ2n) is 4.45. The lowest BCUT2D eigenvalue weighted by Gasteiger charge is -2.16. The molecule has 3 nitrogen and oxygen atoms in total. The minimum atomic E-state index is 0.0255. The zero-order valence-corrected chi connectivity index (χ0v) is 10.4. The fraction of sp³-hybridized carbons (Fsp3) is 0.583. The molecule has 1 aliphatic rings. The molecular formula is C12H18N2OS. The molecule has 1 unspecified atom stereocenters. The summed E-state index contributed by atoms with van der Waals surface area (Å²) in [5, 5.41) is 2.82. The van der Waals surface area contributed by atoms with Crippen molar-refractivity contribution in [1.82, 2.24) is 5.32 Å². The van der Waals surface area contributed by atoms with Gasteiger partial charge in [-0.1, -0.05) is 6.92 Å². The van der Waals surface area contributed by atoms with Crippen LogP contribution in [-0.2, 0) is 12.8 Å². The summed E-state index contributed by atoms with van der Waals surface area (Å²) in [5.41, 5.74) is 6.74. The van der Waals surface area contributed by atoms with Crippen molar-refractivity contribution in [2.75, 3.05) is 13.1 Å². The average Bonchev–Trinajstić information content (AvgIpc) is 2.68. The van der Waals surface area contributed by atoms with Gasteiger partial charge in [0.05, 0.1) is 4.88 Å². The molecule has 1 atom stereocenters. The highest BCUT2D eigenvalue weighted by molar-refractivity contribution is 7.14. The van der Waals surface area contributed by atoms with E-state index in [1.54, 1.807) is 11.3 Å². The van der Waals surface area contributed by atoms with E-state index in [1.807, 2.05) is 0 Å². The number of carbonyl (C=O) groups is 1. The van der Waals surface area contributed by atoms with Crippen molar-refractivity contribution >= 4 is 17.2 Å². The van der Waals surface area contributed by atoms with Crippen LogP contribution in [-0.4, -0.2) is 19.0 Å². The van der Waals surface area contributed by atoms with Crippen LogP contribution in [0, 0.1) is 5.92 Å². The zero-order valence-electron chi connectivity index (χ0n) is 9.58. The van der Waals surface area contributed by atoms with Gasteiger partial charge in [-0.25, -0.2) is 0 Å². The lowest BCUT2D eigenvalue weighted by molar-refractivity contribution is 0.0958. The summed E-state index contributed by atoms with van der Waals surface area (Å²) in [6, 6.07) is 2.06. The minimum Gasteiger partial charge on any atom is -0.350 e. The minimum absolute atomic E-state index is 0.0255. The van der Waals surface area contributed by atoms with Crippen molar-refractivity contribution in [3.05, 3.63) is 21.4 Å². The van der Waals surface area contributed by atoms with Gasteiger partial charge in [0, 0.05) is 18.0 Å². The van der Waals surface area contributed by atoms with E-state index >= 15 is 0 Å². The first-order valence-electron chi connectivity index (χ1n) is 5.80. The molecule has 0 bridgehead atoms. The predicted molar refractivity (Wildman–Crippen MR) is 66.9 cm³/mol. The third-order valence-electron chi connectivity index (χ3n) is 2.98. The van der Waals surface area contributed by atoms with Crippen LogP contribution in [0.1, 0.15) is 33.5 Å². The van der Waals surface area contributed by atoms with Crippen molar-refractivity contribution < 1.29 is 4.79 Å². The summed E-state index contributed by atoms with van der Waals surface area (Å²) in [7, 11) is 0. The second kappa shape index (κ2) is 4.97. The van der Waals surface area contributed by atoms with Crippen molar-refractivity contribution in [3.8, 4) is 0 Å². The van der Waals surface area contributed by atoms with Crippen LogP contribution >= 0.6 is 11.3 Å². The number of hydrogen-bond donors (Lipinski definition) is 2. The maximum absolute atomic E-state index is 11.7. The first kappa shape index (κ1) is 11.6. The number of nitrogens with two attached hydrogens (primary N) is 1. The summed E-state index contributed by atoms with van der Waals surface area (Å²) in [5.74, 6) is 0.777. The third kappa shape index (κ3) is 2.44. The van der Waals surface area contributed by atoms with Gasteiger partial charge in [0.1, 0.15) is 0 Å². The lowest BCUT2D eigenvalue weighted by Crippen LogP contribution is -2.28. The molecule has 0 aliphatic heterocycles. The van der Waals surface area contributed by atoms with Crippen molar-refractivity contribution in [2.45, 2.75) is 26.2 Å². The van der Waals surface area contributed by atoms with Gasteiger partial charge in [-0.05, 0) is 36.8 Å². The standard InChI is InChI=1S/C12H18N2OS/c1-8-2-3-10-9(6-8)7-11(16-10)12(15)14-5-4-13/h7-8H,2-6,13H2,1H3,(H,14,15). The molecule has 88 valence electrons. The van der Waals surface area contributed by atoms with Gasteiger partial charge in [-0.15, -0.1) is 11.3 Å². The Morgan fingerprint density at radius 1 is 1.69 bits per heavy atom. The third-order valence-corrected chi connectivity index (χ3v) is 4.22. The van der Waals surface area contributed by atoms with Gasteiger partial charge in [0.2, 0.25) is 0 Å². The second-order valence-corrected chi connectivity index (χ2v) is 5.59. The molecule has 1 aromatic rings. The Morgan fingerprint density at radius 3 is 3.25 bits per heavy atom. The van der Waals surface area contributed by atoms with Gasteiger partial charge in [0.25, 0.3) is 5.91 Å².